The van der Waals surface area contributed by atoms with Crippen LogP contribution >= 0.6 is 11.3 Å². The first-order valence-corrected chi connectivity index (χ1v) is 8.73. The second-order valence-corrected chi connectivity index (χ2v) is 6.98. The van der Waals surface area contributed by atoms with Crippen LogP contribution in [-0.2, 0) is 0 Å². The van der Waals surface area contributed by atoms with E-state index in [0.717, 1.165) is 23.4 Å². The van der Waals surface area contributed by atoms with Gasteiger partial charge in [0.2, 0.25) is 0 Å². The van der Waals surface area contributed by atoms with E-state index >= 15 is 0 Å². The fourth-order valence-electron chi connectivity index (χ4n) is 3.05. The number of H-pyrrole nitrogens is 1. The molecule has 122 valence electrons. The Labute approximate surface area is 142 Å². The van der Waals surface area contributed by atoms with Gasteiger partial charge in [-0.25, -0.2) is 10.1 Å². The molecule has 7 heteroatoms. The van der Waals surface area contributed by atoms with Crippen molar-refractivity contribution in [2.45, 2.75) is 18.8 Å². The molecule has 0 bridgehead atoms. The lowest BCUT2D eigenvalue weighted by molar-refractivity contribution is 0.0700. The van der Waals surface area contributed by atoms with Crippen LogP contribution in [-0.4, -0.2) is 39.1 Å². The maximum Gasteiger partial charge on any atom is 0.274 e. The summed E-state index contributed by atoms with van der Waals surface area (Å²) in [5.74, 6) is 0.111. The Morgan fingerprint density at radius 2 is 2.12 bits per heavy atom. The van der Waals surface area contributed by atoms with E-state index in [4.69, 9.17) is 4.98 Å². The van der Waals surface area contributed by atoms with Gasteiger partial charge in [0.1, 0.15) is 5.69 Å². The number of thiazole rings is 1. The highest BCUT2D eigenvalue weighted by Crippen LogP contribution is 2.33. The number of aromatic amines is 1. The van der Waals surface area contributed by atoms with Crippen molar-refractivity contribution in [3.8, 4) is 0 Å². The lowest BCUT2D eigenvalue weighted by Crippen LogP contribution is -2.39. The molecule has 2 aromatic heterocycles. The highest BCUT2D eigenvalue weighted by atomic mass is 32.1. The molecule has 1 aliphatic rings. The Kier molecular flexibility index (Phi) is 3.86. The van der Waals surface area contributed by atoms with Gasteiger partial charge in [-0.3, -0.25) is 9.59 Å². The molecule has 0 unspecified atom stereocenters. The van der Waals surface area contributed by atoms with Gasteiger partial charge in [-0.15, -0.1) is 11.3 Å². The van der Waals surface area contributed by atoms with Crippen molar-refractivity contribution >= 4 is 27.5 Å². The molecule has 6 nitrogen and oxygen atoms in total. The minimum Gasteiger partial charge on any atom is -0.337 e. The topological polar surface area (TPSA) is 79.0 Å². The van der Waals surface area contributed by atoms with E-state index in [1.54, 1.807) is 16.2 Å². The molecular formula is C17H16N4O2S. The van der Waals surface area contributed by atoms with Gasteiger partial charge in [0.15, 0.2) is 0 Å². The van der Waals surface area contributed by atoms with Crippen LogP contribution in [0.25, 0.3) is 10.2 Å². The van der Waals surface area contributed by atoms with Gasteiger partial charge >= 0.3 is 0 Å². The summed E-state index contributed by atoms with van der Waals surface area (Å²) < 4.78 is 1.18. The second kappa shape index (κ2) is 6.16. The van der Waals surface area contributed by atoms with Gasteiger partial charge in [-0.05, 0) is 31.0 Å². The molecule has 1 fully saturated rings. The number of benzene rings is 1. The van der Waals surface area contributed by atoms with Gasteiger partial charge in [-0.2, -0.15) is 5.10 Å². The Hall–Kier alpha value is -2.54. The van der Waals surface area contributed by atoms with E-state index < -0.39 is 0 Å². The van der Waals surface area contributed by atoms with Crippen molar-refractivity contribution < 1.29 is 4.79 Å². The largest absolute Gasteiger partial charge is 0.337 e. The number of nitrogens with zero attached hydrogens (tertiary/aromatic N) is 3. The molecule has 4 rings (SSSR count). The molecular weight excluding hydrogens is 324 g/mol. The van der Waals surface area contributed by atoms with Crippen LogP contribution < -0.4 is 5.56 Å². The van der Waals surface area contributed by atoms with Gasteiger partial charge in [0.25, 0.3) is 11.5 Å². The van der Waals surface area contributed by atoms with Gasteiger partial charge < -0.3 is 4.90 Å². The van der Waals surface area contributed by atoms with Crippen molar-refractivity contribution in [1.29, 1.82) is 0 Å². The third-order valence-electron chi connectivity index (χ3n) is 4.27. The first-order chi connectivity index (χ1) is 11.7. The molecule has 1 aliphatic heterocycles. The normalized spacial score (nSPS) is 18.0. The summed E-state index contributed by atoms with van der Waals surface area (Å²) in [5.41, 5.74) is 0.986. The lowest BCUT2D eigenvalue weighted by Gasteiger charge is -2.31. The minimum absolute atomic E-state index is 0.142. The molecule has 0 aliphatic carbocycles. The number of rotatable bonds is 2. The molecule has 1 saturated heterocycles. The van der Waals surface area contributed by atoms with Gasteiger partial charge in [0, 0.05) is 25.1 Å². The quantitative estimate of drug-likeness (QED) is 0.777. The molecule has 3 heterocycles. The molecule has 0 spiro atoms. The van der Waals surface area contributed by atoms with Crippen molar-refractivity contribution in [3.63, 3.8) is 0 Å². The summed E-state index contributed by atoms with van der Waals surface area (Å²) in [7, 11) is 0. The molecule has 24 heavy (non-hydrogen) atoms. The third kappa shape index (κ3) is 2.82. The lowest BCUT2D eigenvalue weighted by atomic mass is 9.98. The number of nitrogens with one attached hydrogen (secondary N) is 1. The van der Waals surface area contributed by atoms with Crippen LogP contribution in [0, 0.1) is 0 Å². The van der Waals surface area contributed by atoms with Crippen molar-refractivity contribution in [2.24, 2.45) is 0 Å². The Balaban J connectivity index is 1.55. The summed E-state index contributed by atoms with van der Waals surface area (Å²) >= 11 is 1.70. The number of hydrogen-bond donors (Lipinski definition) is 1. The molecule has 1 aromatic carbocycles. The van der Waals surface area contributed by atoms with Crippen LogP contribution in [0.5, 0.6) is 0 Å². The van der Waals surface area contributed by atoms with Gasteiger partial charge in [0.05, 0.1) is 15.2 Å². The summed E-state index contributed by atoms with van der Waals surface area (Å²) in [5, 5.41) is 7.25. The summed E-state index contributed by atoms with van der Waals surface area (Å²) in [6.45, 7) is 1.35. The molecule has 3 aromatic rings. The number of likely N-dealkylation sites (tertiary alicyclic amines) is 1. The van der Waals surface area contributed by atoms with Crippen molar-refractivity contribution in [2.75, 3.05) is 13.1 Å². The van der Waals surface area contributed by atoms with Crippen LogP contribution in [0.15, 0.2) is 41.2 Å². The van der Waals surface area contributed by atoms with Crippen molar-refractivity contribution in [1.82, 2.24) is 20.1 Å². The van der Waals surface area contributed by atoms with Gasteiger partial charge in [-0.1, -0.05) is 12.1 Å². The molecule has 0 saturated carbocycles. The second-order valence-electron chi connectivity index (χ2n) is 5.92. The number of hydrogen-bond acceptors (Lipinski definition) is 5. The summed E-state index contributed by atoms with van der Waals surface area (Å²) in [6.07, 6.45) is 1.97. The minimum atomic E-state index is -0.308. The third-order valence-corrected chi connectivity index (χ3v) is 5.47. The first kappa shape index (κ1) is 15.0. The highest BCUT2D eigenvalue weighted by molar-refractivity contribution is 7.18. The van der Waals surface area contributed by atoms with E-state index in [-0.39, 0.29) is 23.1 Å². The number of amides is 1. The number of fused-ring (bicyclic) bond motifs is 1. The smallest absolute Gasteiger partial charge is 0.274 e. The summed E-state index contributed by atoms with van der Waals surface area (Å²) in [4.78, 5) is 30.2. The van der Waals surface area contributed by atoms with E-state index in [2.05, 4.69) is 16.3 Å². The van der Waals surface area contributed by atoms with Crippen LogP contribution in [0.4, 0.5) is 0 Å². The number of aromatic nitrogens is 3. The molecule has 1 amide bonds. The predicted molar refractivity (Wildman–Crippen MR) is 92.4 cm³/mol. The highest BCUT2D eigenvalue weighted by Gasteiger charge is 2.28. The fraction of sp³-hybridized carbons (Fsp3) is 0.294. The van der Waals surface area contributed by atoms with Crippen LogP contribution in [0.2, 0.25) is 0 Å². The zero-order chi connectivity index (χ0) is 16.5. The van der Waals surface area contributed by atoms with Crippen molar-refractivity contribution in [3.05, 3.63) is 57.5 Å². The Bertz CT molecular complexity index is 895. The maximum atomic E-state index is 12.6. The van der Waals surface area contributed by atoms with E-state index in [0.29, 0.717) is 13.1 Å². The zero-order valence-corrected chi connectivity index (χ0v) is 13.8. The van der Waals surface area contributed by atoms with E-state index in [1.165, 1.54) is 16.8 Å². The number of carbonyl (C=O) groups excluding carboxylic acids is 1. The van der Waals surface area contributed by atoms with E-state index in [1.807, 2.05) is 18.2 Å². The summed E-state index contributed by atoms with van der Waals surface area (Å²) in [6, 6.07) is 10.9. The van der Waals surface area contributed by atoms with Crippen LogP contribution in [0.3, 0.4) is 0 Å². The monoisotopic (exact) mass is 340 g/mol. The average Bonchev–Trinajstić information content (AvgIpc) is 3.06. The predicted octanol–water partition coefficient (Wildman–Crippen LogP) is 2.40. The first-order valence-electron chi connectivity index (χ1n) is 7.91. The molecule has 1 atom stereocenters. The number of piperidine rings is 1. The Morgan fingerprint density at radius 1 is 1.25 bits per heavy atom. The van der Waals surface area contributed by atoms with Crippen LogP contribution in [0.1, 0.15) is 34.3 Å². The average molecular weight is 340 g/mol. The molecule has 0 radical (unpaired) electrons. The SMILES string of the molecule is O=C(c1ccc(=O)[nH]n1)N1CCC[C@H](c2nc3ccccc3s2)C1. The van der Waals surface area contributed by atoms with E-state index in [9.17, 15) is 9.59 Å². The zero-order valence-electron chi connectivity index (χ0n) is 12.9. The number of carbonyl (C=O) groups is 1. The standard InChI is InChI=1S/C17H16N4O2S/c22-15-8-7-13(19-20-15)17(23)21-9-3-4-11(10-21)16-18-12-5-1-2-6-14(12)24-16/h1-2,5-8,11H,3-4,9-10H2,(H,20,22)/t11-/m0/s1. The Morgan fingerprint density at radius 3 is 2.92 bits per heavy atom. The molecule has 1 N–H and O–H groups in total. The maximum absolute atomic E-state index is 12.6. The number of para-hydroxylation sites is 1. The fourth-order valence-corrected chi connectivity index (χ4v) is 4.15.